The molecule has 0 aliphatic carbocycles. The molecule has 0 aromatic heterocycles. The van der Waals surface area contributed by atoms with E-state index in [-0.39, 0.29) is 18.8 Å². The molecule has 0 N–H and O–H groups in total. The Labute approximate surface area is 68.1 Å². The van der Waals surface area contributed by atoms with Crippen LogP contribution < -0.4 is 0 Å². The highest BCUT2D eigenvalue weighted by atomic mass is 35.5. The lowest BCUT2D eigenvalue weighted by atomic mass is 10.3. The molecule has 0 aliphatic heterocycles. The van der Waals surface area contributed by atoms with Crippen LogP contribution in [0, 0.1) is 0 Å². The van der Waals surface area contributed by atoms with Crippen molar-refractivity contribution in [2.24, 2.45) is 0 Å². The van der Waals surface area contributed by atoms with Crippen molar-refractivity contribution >= 4 is 18.4 Å². The number of esters is 1. The molecule has 0 aromatic carbocycles. The Morgan fingerprint density at radius 1 is 1.45 bits per heavy atom. The van der Waals surface area contributed by atoms with Gasteiger partial charge in [0.25, 0.3) is 0 Å². The van der Waals surface area contributed by atoms with Gasteiger partial charge in [0.15, 0.2) is 0 Å². The summed E-state index contributed by atoms with van der Waals surface area (Å²) in [4.78, 5) is 10.1. The van der Waals surface area contributed by atoms with Gasteiger partial charge in [-0.25, -0.2) is 0 Å². The lowest BCUT2D eigenvalue weighted by Gasteiger charge is -2.05. The summed E-state index contributed by atoms with van der Waals surface area (Å²) in [6.45, 7) is 1.59. The summed E-state index contributed by atoms with van der Waals surface area (Å²) in [5.41, 5.74) is 0. The van der Waals surface area contributed by atoms with E-state index in [0.29, 0.717) is 6.42 Å². The summed E-state index contributed by atoms with van der Waals surface area (Å²) in [6, 6.07) is 0. The molecule has 68 valence electrons. The minimum Gasteiger partial charge on any atom is -0.373 e. The van der Waals surface area contributed by atoms with Crippen molar-refractivity contribution in [3.63, 3.8) is 0 Å². The van der Waals surface area contributed by atoms with Crippen molar-refractivity contribution in [3.05, 3.63) is 0 Å². The molecule has 0 bridgehead atoms. The summed E-state index contributed by atoms with van der Waals surface area (Å²) in [6.07, 6.45) is -4.67. The van der Waals surface area contributed by atoms with Gasteiger partial charge < -0.3 is 4.74 Å². The van der Waals surface area contributed by atoms with E-state index < -0.39 is 12.3 Å². The molecule has 11 heavy (non-hydrogen) atoms. The number of carbonyl (C=O) groups is 1. The predicted octanol–water partition coefficient (Wildman–Crippen LogP) is 2.27. The highest BCUT2D eigenvalue weighted by molar-refractivity contribution is 5.85. The number of hydrogen-bond acceptors (Lipinski definition) is 2. The first-order chi connectivity index (χ1) is 4.45. The van der Waals surface area contributed by atoms with Crippen LogP contribution in [-0.2, 0) is 9.53 Å². The Hall–Kier alpha value is -0.450. The van der Waals surface area contributed by atoms with Gasteiger partial charge in [0.1, 0.15) is 0 Å². The average Bonchev–Trinajstić information content (AvgIpc) is 1.59. The molecule has 0 fully saturated rings. The Balaban J connectivity index is 0. The fraction of sp³-hybridized carbons (Fsp3) is 0.800. The Kier molecular flexibility index (Phi) is 6.26. The van der Waals surface area contributed by atoms with E-state index in [1.807, 2.05) is 0 Å². The van der Waals surface area contributed by atoms with E-state index in [9.17, 15) is 18.0 Å². The number of hydrogen-bond donors (Lipinski definition) is 0. The van der Waals surface area contributed by atoms with E-state index in [1.165, 1.54) is 0 Å². The van der Waals surface area contributed by atoms with Gasteiger partial charge >= 0.3 is 12.3 Å². The zero-order valence-electron chi connectivity index (χ0n) is 5.77. The Morgan fingerprint density at radius 2 is 1.91 bits per heavy atom. The average molecular weight is 193 g/mol. The molecule has 0 aromatic rings. The smallest absolute Gasteiger partial charge is 0.373 e. The lowest BCUT2D eigenvalue weighted by Crippen LogP contribution is -2.18. The molecule has 0 rings (SSSR count). The molecular weight excluding hydrogens is 184 g/mol. The van der Waals surface area contributed by atoms with Crippen LogP contribution in [0.3, 0.4) is 0 Å². The molecule has 6 heteroatoms. The van der Waals surface area contributed by atoms with Crippen molar-refractivity contribution in [1.82, 2.24) is 0 Å². The van der Waals surface area contributed by atoms with Gasteiger partial charge in [0, 0.05) is 6.42 Å². The monoisotopic (exact) mass is 192 g/mol. The maximum Gasteiger partial charge on any atom is 0.575 e. The van der Waals surface area contributed by atoms with Crippen LogP contribution in [-0.4, -0.2) is 12.3 Å². The third kappa shape index (κ3) is 9.55. The van der Waals surface area contributed by atoms with Gasteiger partial charge in [-0.1, -0.05) is 6.92 Å². The van der Waals surface area contributed by atoms with Crippen LogP contribution in [0.25, 0.3) is 0 Å². The number of alkyl halides is 3. The topological polar surface area (TPSA) is 26.3 Å². The minimum atomic E-state index is -4.83. The van der Waals surface area contributed by atoms with E-state index >= 15 is 0 Å². The Bertz CT molecular complexity index is 123. The summed E-state index contributed by atoms with van der Waals surface area (Å²) in [7, 11) is 0. The zero-order valence-corrected chi connectivity index (χ0v) is 6.59. The standard InChI is InChI=1S/C5H7F3O2.ClH/c1-2-3-4(9)10-5(6,7)8;/h2-3H2,1H3;1H. The zero-order chi connectivity index (χ0) is 8.20. The number of carbonyl (C=O) groups excluding carboxylic acids is 1. The molecule has 0 saturated carbocycles. The molecule has 0 spiro atoms. The van der Waals surface area contributed by atoms with Gasteiger partial charge in [-0.3, -0.25) is 4.79 Å². The molecule has 0 aliphatic rings. The predicted molar refractivity (Wildman–Crippen MR) is 34.3 cm³/mol. The van der Waals surface area contributed by atoms with E-state index in [2.05, 4.69) is 4.74 Å². The first-order valence-electron chi connectivity index (χ1n) is 2.74. The number of halogens is 4. The second-order valence-electron chi connectivity index (χ2n) is 1.67. The first-order valence-corrected chi connectivity index (χ1v) is 2.74. The molecule has 0 saturated heterocycles. The third-order valence-electron chi connectivity index (χ3n) is 0.684. The largest absolute Gasteiger partial charge is 0.575 e. The molecule has 2 nitrogen and oxygen atoms in total. The van der Waals surface area contributed by atoms with Crippen LogP contribution in [0.1, 0.15) is 19.8 Å². The molecule has 0 radical (unpaired) electrons. The van der Waals surface area contributed by atoms with Gasteiger partial charge in [-0.15, -0.1) is 25.6 Å². The molecule has 0 amide bonds. The maximum atomic E-state index is 11.2. The summed E-state index contributed by atoms with van der Waals surface area (Å²) < 4.78 is 36.6. The highest BCUT2D eigenvalue weighted by Gasteiger charge is 2.33. The summed E-state index contributed by atoms with van der Waals surface area (Å²) in [5.74, 6) is -1.23. The fourth-order valence-electron chi connectivity index (χ4n) is 0.384. The van der Waals surface area contributed by atoms with Crippen LogP contribution in [0.2, 0.25) is 0 Å². The quantitative estimate of drug-likeness (QED) is 0.628. The molecule has 0 unspecified atom stereocenters. The molecule has 0 atom stereocenters. The van der Waals surface area contributed by atoms with Crippen molar-refractivity contribution in [1.29, 1.82) is 0 Å². The van der Waals surface area contributed by atoms with Crippen molar-refractivity contribution in [2.75, 3.05) is 0 Å². The van der Waals surface area contributed by atoms with Crippen LogP contribution in [0.4, 0.5) is 13.2 Å². The van der Waals surface area contributed by atoms with Crippen LogP contribution >= 0.6 is 12.4 Å². The second kappa shape index (κ2) is 5.23. The normalized spacial score (nSPS) is 10.2. The number of ether oxygens (including phenoxy) is 1. The maximum absolute atomic E-state index is 11.2. The highest BCUT2D eigenvalue weighted by Crippen LogP contribution is 2.17. The van der Waals surface area contributed by atoms with Crippen molar-refractivity contribution in [3.8, 4) is 0 Å². The van der Waals surface area contributed by atoms with Crippen molar-refractivity contribution in [2.45, 2.75) is 26.1 Å². The van der Waals surface area contributed by atoms with Gasteiger partial charge in [0.05, 0.1) is 0 Å². The van der Waals surface area contributed by atoms with Gasteiger partial charge in [-0.05, 0) is 6.42 Å². The SMILES string of the molecule is CCCC(=O)OC(F)(F)F.Cl. The van der Waals surface area contributed by atoms with E-state index in [0.717, 1.165) is 0 Å². The Morgan fingerprint density at radius 3 is 2.18 bits per heavy atom. The van der Waals surface area contributed by atoms with E-state index in [1.54, 1.807) is 6.92 Å². The minimum absolute atomic E-state index is 0. The third-order valence-corrected chi connectivity index (χ3v) is 0.684. The first kappa shape index (κ1) is 13.2. The molecule has 0 heterocycles. The second-order valence-corrected chi connectivity index (χ2v) is 1.67. The lowest BCUT2D eigenvalue weighted by molar-refractivity contribution is -0.305. The van der Waals surface area contributed by atoms with Crippen LogP contribution in [0.5, 0.6) is 0 Å². The van der Waals surface area contributed by atoms with Gasteiger partial charge in [-0.2, -0.15) is 0 Å². The van der Waals surface area contributed by atoms with Crippen molar-refractivity contribution < 1.29 is 22.7 Å². The van der Waals surface area contributed by atoms with Crippen LogP contribution in [0.15, 0.2) is 0 Å². The molecular formula is C5H8ClF3O2. The fourth-order valence-corrected chi connectivity index (χ4v) is 0.384. The summed E-state index contributed by atoms with van der Waals surface area (Å²) >= 11 is 0. The number of rotatable bonds is 2. The van der Waals surface area contributed by atoms with Gasteiger partial charge in [0.2, 0.25) is 0 Å². The summed E-state index contributed by atoms with van der Waals surface area (Å²) in [5, 5.41) is 0. The van der Waals surface area contributed by atoms with E-state index in [4.69, 9.17) is 0 Å².